The highest BCUT2D eigenvalue weighted by Gasteiger charge is 2.39. The summed E-state index contributed by atoms with van der Waals surface area (Å²) in [7, 11) is 0. The summed E-state index contributed by atoms with van der Waals surface area (Å²) in [5.41, 5.74) is -0.248. The van der Waals surface area contributed by atoms with E-state index in [1.165, 1.54) is 32.1 Å². The third-order valence-electron chi connectivity index (χ3n) is 4.90. The summed E-state index contributed by atoms with van der Waals surface area (Å²) in [5.74, 6) is 1.18. The summed E-state index contributed by atoms with van der Waals surface area (Å²) < 4.78 is 0. The molecule has 2 fully saturated rings. The third kappa shape index (κ3) is 3.95. The van der Waals surface area contributed by atoms with Crippen molar-refractivity contribution in [2.45, 2.75) is 76.7 Å². The first-order valence-electron chi connectivity index (χ1n) is 8.30. The SMILES string of the molecule is CCCC1(C(=O)NCCCC2CCCC2)CCCN1. The van der Waals surface area contributed by atoms with Gasteiger partial charge in [-0.1, -0.05) is 39.0 Å². The third-order valence-corrected chi connectivity index (χ3v) is 4.90. The number of carbonyl (C=O) groups is 1. The van der Waals surface area contributed by atoms with E-state index < -0.39 is 0 Å². The van der Waals surface area contributed by atoms with Crippen molar-refractivity contribution in [3.05, 3.63) is 0 Å². The zero-order valence-corrected chi connectivity index (χ0v) is 12.5. The van der Waals surface area contributed by atoms with Crippen molar-refractivity contribution in [2.24, 2.45) is 5.92 Å². The number of hydrogen-bond donors (Lipinski definition) is 2. The molecular weight excluding hydrogens is 236 g/mol. The van der Waals surface area contributed by atoms with Crippen LogP contribution in [0, 0.1) is 5.92 Å². The molecule has 1 saturated carbocycles. The van der Waals surface area contributed by atoms with E-state index in [2.05, 4.69) is 17.6 Å². The van der Waals surface area contributed by atoms with Gasteiger partial charge >= 0.3 is 0 Å². The van der Waals surface area contributed by atoms with Crippen LogP contribution in [0.1, 0.15) is 71.1 Å². The fourth-order valence-electron chi connectivity index (χ4n) is 3.81. The van der Waals surface area contributed by atoms with Gasteiger partial charge in [0.15, 0.2) is 0 Å². The largest absolute Gasteiger partial charge is 0.354 e. The van der Waals surface area contributed by atoms with E-state index in [-0.39, 0.29) is 11.4 Å². The fourth-order valence-corrected chi connectivity index (χ4v) is 3.81. The average molecular weight is 266 g/mol. The predicted molar refractivity (Wildman–Crippen MR) is 79.1 cm³/mol. The average Bonchev–Trinajstić information content (AvgIpc) is 3.06. The molecule has 1 amide bonds. The minimum atomic E-state index is -0.248. The quantitative estimate of drug-likeness (QED) is 0.696. The normalized spacial score (nSPS) is 27.8. The molecule has 1 heterocycles. The van der Waals surface area contributed by atoms with Crippen LogP contribution in [0.5, 0.6) is 0 Å². The Labute approximate surface area is 117 Å². The van der Waals surface area contributed by atoms with Crippen molar-refractivity contribution in [2.75, 3.05) is 13.1 Å². The molecule has 0 aromatic rings. The highest BCUT2D eigenvalue weighted by atomic mass is 16.2. The molecule has 3 heteroatoms. The smallest absolute Gasteiger partial charge is 0.240 e. The van der Waals surface area contributed by atoms with Gasteiger partial charge in [-0.15, -0.1) is 0 Å². The van der Waals surface area contributed by atoms with E-state index in [0.717, 1.165) is 51.1 Å². The predicted octanol–water partition coefficient (Wildman–Crippen LogP) is 3.00. The van der Waals surface area contributed by atoms with Gasteiger partial charge < -0.3 is 10.6 Å². The second-order valence-electron chi connectivity index (χ2n) is 6.41. The Kier molecular flexibility index (Phi) is 5.68. The van der Waals surface area contributed by atoms with E-state index in [0.29, 0.717) is 0 Å². The van der Waals surface area contributed by atoms with E-state index in [1.807, 2.05) is 0 Å². The van der Waals surface area contributed by atoms with Gasteiger partial charge in [0.25, 0.3) is 0 Å². The summed E-state index contributed by atoms with van der Waals surface area (Å²) in [6, 6.07) is 0. The molecule has 0 radical (unpaired) electrons. The van der Waals surface area contributed by atoms with Crippen LogP contribution in [0.15, 0.2) is 0 Å². The van der Waals surface area contributed by atoms with Crippen LogP contribution >= 0.6 is 0 Å². The minimum absolute atomic E-state index is 0.248. The maximum Gasteiger partial charge on any atom is 0.240 e. The second kappa shape index (κ2) is 7.28. The molecule has 1 unspecified atom stereocenters. The number of carbonyl (C=O) groups excluding carboxylic acids is 1. The van der Waals surface area contributed by atoms with Crippen molar-refractivity contribution < 1.29 is 4.79 Å². The lowest BCUT2D eigenvalue weighted by Gasteiger charge is -2.28. The van der Waals surface area contributed by atoms with Gasteiger partial charge in [-0.05, 0) is 44.6 Å². The molecular formula is C16H30N2O. The molecule has 0 spiro atoms. The number of hydrogen-bond acceptors (Lipinski definition) is 2. The van der Waals surface area contributed by atoms with Crippen LogP contribution in [0.4, 0.5) is 0 Å². The first-order chi connectivity index (χ1) is 9.27. The van der Waals surface area contributed by atoms with Crippen molar-refractivity contribution in [3.8, 4) is 0 Å². The van der Waals surface area contributed by atoms with Crippen molar-refractivity contribution in [1.82, 2.24) is 10.6 Å². The Morgan fingerprint density at radius 3 is 2.74 bits per heavy atom. The van der Waals surface area contributed by atoms with E-state index in [1.54, 1.807) is 0 Å². The molecule has 19 heavy (non-hydrogen) atoms. The standard InChI is InChI=1S/C16H30N2O/c1-2-10-16(11-6-13-18-16)15(19)17-12-5-9-14-7-3-4-8-14/h14,18H,2-13H2,1H3,(H,17,19). The van der Waals surface area contributed by atoms with Crippen LogP contribution in [-0.4, -0.2) is 24.5 Å². The maximum absolute atomic E-state index is 12.4. The van der Waals surface area contributed by atoms with Gasteiger partial charge in [0.05, 0.1) is 5.54 Å². The molecule has 0 bridgehead atoms. The number of rotatable bonds is 7. The molecule has 1 aliphatic heterocycles. The van der Waals surface area contributed by atoms with Crippen molar-refractivity contribution in [3.63, 3.8) is 0 Å². The van der Waals surface area contributed by atoms with Crippen molar-refractivity contribution >= 4 is 5.91 Å². The van der Waals surface area contributed by atoms with Crippen LogP contribution in [0.3, 0.4) is 0 Å². The molecule has 0 aromatic carbocycles. The van der Waals surface area contributed by atoms with Crippen LogP contribution < -0.4 is 10.6 Å². The van der Waals surface area contributed by atoms with Gasteiger partial charge in [-0.2, -0.15) is 0 Å². The fraction of sp³-hybridized carbons (Fsp3) is 0.938. The second-order valence-corrected chi connectivity index (χ2v) is 6.41. The van der Waals surface area contributed by atoms with E-state index in [4.69, 9.17) is 0 Å². The molecule has 3 nitrogen and oxygen atoms in total. The number of nitrogens with one attached hydrogen (secondary N) is 2. The van der Waals surface area contributed by atoms with Crippen molar-refractivity contribution in [1.29, 1.82) is 0 Å². The Balaban J connectivity index is 1.67. The molecule has 110 valence electrons. The van der Waals surface area contributed by atoms with Crippen LogP contribution in [0.25, 0.3) is 0 Å². The van der Waals surface area contributed by atoms with Gasteiger partial charge in [-0.3, -0.25) is 4.79 Å². The molecule has 2 N–H and O–H groups in total. The summed E-state index contributed by atoms with van der Waals surface area (Å²) >= 11 is 0. The van der Waals surface area contributed by atoms with Crippen LogP contribution in [-0.2, 0) is 4.79 Å². The number of amides is 1. The Morgan fingerprint density at radius 1 is 1.32 bits per heavy atom. The Morgan fingerprint density at radius 2 is 2.11 bits per heavy atom. The lowest BCUT2D eigenvalue weighted by atomic mass is 9.91. The lowest BCUT2D eigenvalue weighted by Crippen LogP contribution is -2.53. The molecule has 1 saturated heterocycles. The molecule has 0 aromatic heterocycles. The zero-order chi connectivity index (χ0) is 13.6. The summed E-state index contributed by atoms with van der Waals surface area (Å²) in [6.07, 6.45) is 12.3. The monoisotopic (exact) mass is 266 g/mol. The zero-order valence-electron chi connectivity index (χ0n) is 12.5. The van der Waals surface area contributed by atoms with Gasteiger partial charge in [0.1, 0.15) is 0 Å². The molecule has 2 rings (SSSR count). The topological polar surface area (TPSA) is 41.1 Å². The molecule has 2 aliphatic rings. The summed E-state index contributed by atoms with van der Waals surface area (Å²) in [6.45, 7) is 4.02. The Bertz CT molecular complexity index is 278. The summed E-state index contributed by atoms with van der Waals surface area (Å²) in [5, 5.41) is 6.61. The lowest BCUT2D eigenvalue weighted by molar-refractivity contribution is -0.127. The first-order valence-corrected chi connectivity index (χ1v) is 8.30. The van der Waals surface area contributed by atoms with Gasteiger partial charge in [0, 0.05) is 6.54 Å². The van der Waals surface area contributed by atoms with E-state index >= 15 is 0 Å². The first kappa shape index (κ1) is 14.8. The molecule has 1 atom stereocenters. The van der Waals surface area contributed by atoms with Gasteiger partial charge in [-0.25, -0.2) is 0 Å². The molecule has 1 aliphatic carbocycles. The Hall–Kier alpha value is -0.570. The van der Waals surface area contributed by atoms with Gasteiger partial charge in [0.2, 0.25) is 5.91 Å². The highest BCUT2D eigenvalue weighted by Crippen LogP contribution is 2.28. The van der Waals surface area contributed by atoms with Crippen LogP contribution in [0.2, 0.25) is 0 Å². The maximum atomic E-state index is 12.4. The highest BCUT2D eigenvalue weighted by molar-refractivity contribution is 5.86. The van der Waals surface area contributed by atoms with E-state index in [9.17, 15) is 4.79 Å². The minimum Gasteiger partial charge on any atom is -0.354 e. The summed E-state index contributed by atoms with van der Waals surface area (Å²) in [4.78, 5) is 12.4.